The van der Waals surface area contributed by atoms with E-state index in [0.717, 1.165) is 6.42 Å². The fourth-order valence-corrected chi connectivity index (χ4v) is 1.84. The average Bonchev–Trinajstić information content (AvgIpc) is 2.67. The van der Waals surface area contributed by atoms with Crippen molar-refractivity contribution < 1.29 is 9.52 Å². The van der Waals surface area contributed by atoms with E-state index in [0.29, 0.717) is 24.3 Å². The van der Waals surface area contributed by atoms with Gasteiger partial charge in [-0.25, -0.2) is 0 Å². The number of hydrogen-bond acceptors (Lipinski definition) is 3. The van der Waals surface area contributed by atoms with Crippen LogP contribution in [0.1, 0.15) is 39.9 Å². The van der Waals surface area contributed by atoms with E-state index in [-0.39, 0.29) is 0 Å². The highest BCUT2D eigenvalue weighted by Crippen LogP contribution is 2.20. The lowest BCUT2D eigenvalue weighted by atomic mass is 10.0. The minimum atomic E-state index is -0.936. The maximum absolute atomic E-state index is 10.2. The van der Waals surface area contributed by atoms with Crippen molar-refractivity contribution >= 4 is 0 Å². The molecule has 2 unspecified atom stereocenters. The van der Waals surface area contributed by atoms with Gasteiger partial charge in [-0.15, -0.1) is 0 Å². The predicted octanol–water partition coefficient (Wildman–Crippen LogP) is 2.51. The van der Waals surface area contributed by atoms with Gasteiger partial charge < -0.3 is 14.8 Å². The van der Waals surface area contributed by atoms with E-state index in [9.17, 15) is 5.11 Å². The van der Waals surface area contributed by atoms with Crippen LogP contribution < -0.4 is 5.32 Å². The number of rotatable bonds is 6. The van der Waals surface area contributed by atoms with Crippen molar-refractivity contribution in [3.05, 3.63) is 24.2 Å². The topological polar surface area (TPSA) is 45.4 Å². The molecule has 0 spiro atoms. The molecule has 16 heavy (non-hydrogen) atoms. The molecule has 0 radical (unpaired) electrons. The van der Waals surface area contributed by atoms with Crippen molar-refractivity contribution in [2.24, 2.45) is 5.92 Å². The average molecular weight is 225 g/mol. The fraction of sp³-hybridized carbons (Fsp3) is 0.692. The molecule has 2 atom stereocenters. The van der Waals surface area contributed by atoms with E-state index >= 15 is 0 Å². The van der Waals surface area contributed by atoms with Gasteiger partial charge in [0.2, 0.25) is 0 Å². The number of nitrogens with one attached hydrogen (secondary N) is 1. The van der Waals surface area contributed by atoms with Crippen molar-refractivity contribution in [2.45, 2.75) is 45.8 Å². The second-order valence-electron chi connectivity index (χ2n) is 5.16. The highest BCUT2D eigenvalue weighted by Gasteiger charge is 2.26. The first kappa shape index (κ1) is 13.3. The Balaban J connectivity index is 2.42. The van der Waals surface area contributed by atoms with Crippen molar-refractivity contribution in [3.8, 4) is 0 Å². The van der Waals surface area contributed by atoms with Crippen LogP contribution in [0.5, 0.6) is 0 Å². The lowest BCUT2D eigenvalue weighted by Crippen LogP contribution is -2.39. The van der Waals surface area contributed by atoms with Gasteiger partial charge in [-0.05, 0) is 38.3 Å². The van der Waals surface area contributed by atoms with Crippen LogP contribution in [0.15, 0.2) is 22.8 Å². The zero-order chi connectivity index (χ0) is 12.2. The second-order valence-corrected chi connectivity index (χ2v) is 5.16. The van der Waals surface area contributed by atoms with Gasteiger partial charge in [0.1, 0.15) is 11.4 Å². The quantitative estimate of drug-likeness (QED) is 0.782. The third kappa shape index (κ3) is 3.99. The van der Waals surface area contributed by atoms with Crippen LogP contribution in [0, 0.1) is 5.92 Å². The molecule has 1 aromatic heterocycles. The molecule has 2 N–H and O–H groups in total. The summed E-state index contributed by atoms with van der Waals surface area (Å²) < 4.78 is 5.22. The highest BCUT2D eigenvalue weighted by molar-refractivity contribution is 5.08. The first-order valence-corrected chi connectivity index (χ1v) is 5.91. The minimum Gasteiger partial charge on any atom is -0.466 e. The van der Waals surface area contributed by atoms with Gasteiger partial charge in [0.05, 0.1) is 6.26 Å². The molecule has 0 saturated carbocycles. The summed E-state index contributed by atoms with van der Waals surface area (Å²) in [5.74, 6) is 1.27. The summed E-state index contributed by atoms with van der Waals surface area (Å²) in [5, 5.41) is 13.5. The Morgan fingerprint density at radius 2 is 2.12 bits per heavy atom. The van der Waals surface area contributed by atoms with Gasteiger partial charge in [0.25, 0.3) is 0 Å². The maximum Gasteiger partial charge on any atom is 0.136 e. The molecule has 1 rings (SSSR count). The standard InChI is InChI=1S/C13H23NO2/c1-10(2)8-11(3)14-9-13(4,15)12-6-5-7-16-12/h5-7,10-11,14-15H,8-9H2,1-4H3. The third-order valence-electron chi connectivity index (χ3n) is 2.67. The Bertz CT molecular complexity index is 291. The molecule has 0 fully saturated rings. The van der Waals surface area contributed by atoms with Crippen LogP contribution in [-0.2, 0) is 5.60 Å². The lowest BCUT2D eigenvalue weighted by Gasteiger charge is -2.24. The van der Waals surface area contributed by atoms with Crippen LogP contribution in [0.2, 0.25) is 0 Å². The summed E-state index contributed by atoms with van der Waals surface area (Å²) in [7, 11) is 0. The Hall–Kier alpha value is -0.800. The fourth-order valence-electron chi connectivity index (χ4n) is 1.84. The molecular weight excluding hydrogens is 202 g/mol. The summed E-state index contributed by atoms with van der Waals surface area (Å²) in [6.07, 6.45) is 2.69. The number of hydrogen-bond donors (Lipinski definition) is 2. The molecule has 0 aliphatic heterocycles. The first-order valence-electron chi connectivity index (χ1n) is 5.91. The zero-order valence-corrected chi connectivity index (χ0v) is 10.7. The Kier molecular flexibility index (Phi) is 4.56. The van der Waals surface area contributed by atoms with Crippen LogP contribution >= 0.6 is 0 Å². The summed E-state index contributed by atoms with van der Waals surface area (Å²) in [6, 6.07) is 4.00. The van der Waals surface area contributed by atoms with Crippen molar-refractivity contribution in [2.75, 3.05) is 6.54 Å². The van der Waals surface area contributed by atoms with Crippen LogP contribution in [0.3, 0.4) is 0 Å². The summed E-state index contributed by atoms with van der Waals surface area (Å²) in [4.78, 5) is 0. The van der Waals surface area contributed by atoms with Crippen LogP contribution in [-0.4, -0.2) is 17.7 Å². The molecule has 0 aliphatic carbocycles. The van der Waals surface area contributed by atoms with Crippen molar-refractivity contribution in [3.63, 3.8) is 0 Å². The SMILES string of the molecule is CC(C)CC(C)NCC(C)(O)c1ccco1. The Labute approximate surface area is 97.9 Å². The predicted molar refractivity (Wildman–Crippen MR) is 65.2 cm³/mol. The van der Waals surface area contributed by atoms with Crippen molar-refractivity contribution in [1.29, 1.82) is 0 Å². The smallest absolute Gasteiger partial charge is 0.136 e. The van der Waals surface area contributed by atoms with Gasteiger partial charge in [-0.1, -0.05) is 13.8 Å². The second kappa shape index (κ2) is 5.51. The van der Waals surface area contributed by atoms with E-state index < -0.39 is 5.60 Å². The van der Waals surface area contributed by atoms with Crippen LogP contribution in [0.25, 0.3) is 0 Å². The van der Waals surface area contributed by atoms with Gasteiger partial charge in [0.15, 0.2) is 0 Å². The zero-order valence-electron chi connectivity index (χ0n) is 10.7. The summed E-state index contributed by atoms with van der Waals surface area (Å²) in [6.45, 7) is 8.80. The molecule has 3 nitrogen and oxygen atoms in total. The summed E-state index contributed by atoms with van der Waals surface area (Å²) in [5.41, 5.74) is -0.936. The van der Waals surface area contributed by atoms with Gasteiger partial charge in [0, 0.05) is 12.6 Å². The molecule has 1 heterocycles. The molecular formula is C13H23NO2. The van der Waals surface area contributed by atoms with Crippen molar-refractivity contribution in [1.82, 2.24) is 5.32 Å². The molecule has 0 saturated heterocycles. The van der Waals surface area contributed by atoms with E-state index in [1.54, 1.807) is 25.3 Å². The van der Waals surface area contributed by atoms with Gasteiger partial charge in [-0.3, -0.25) is 0 Å². The maximum atomic E-state index is 10.2. The molecule has 0 bridgehead atoms. The molecule has 1 aromatic rings. The van der Waals surface area contributed by atoms with E-state index in [1.165, 1.54) is 0 Å². The molecule has 3 heteroatoms. The third-order valence-corrected chi connectivity index (χ3v) is 2.67. The van der Waals surface area contributed by atoms with E-state index in [1.807, 2.05) is 0 Å². The Morgan fingerprint density at radius 1 is 1.44 bits per heavy atom. The van der Waals surface area contributed by atoms with E-state index in [2.05, 4.69) is 26.1 Å². The van der Waals surface area contributed by atoms with Gasteiger partial charge in [-0.2, -0.15) is 0 Å². The molecule has 92 valence electrons. The highest BCUT2D eigenvalue weighted by atomic mass is 16.4. The number of aliphatic hydroxyl groups is 1. The molecule has 0 amide bonds. The first-order chi connectivity index (χ1) is 7.42. The van der Waals surface area contributed by atoms with Crippen LogP contribution in [0.4, 0.5) is 0 Å². The lowest BCUT2D eigenvalue weighted by molar-refractivity contribution is 0.0315. The minimum absolute atomic E-state index is 0.404. The van der Waals surface area contributed by atoms with Gasteiger partial charge >= 0.3 is 0 Å². The number of furan rings is 1. The largest absolute Gasteiger partial charge is 0.466 e. The normalized spacial score (nSPS) is 17.4. The molecule has 0 aromatic carbocycles. The molecule has 0 aliphatic rings. The monoisotopic (exact) mass is 225 g/mol. The van der Waals surface area contributed by atoms with E-state index in [4.69, 9.17) is 4.42 Å². The summed E-state index contributed by atoms with van der Waals surface area (Å²) >= 11 is 0. The Morgan fingerprint density at radius 3 is 2.62 bits per heavy atom.